The number of ether oxygens (including phenoxy) is 2. The maximum absolute atomic E-state index is 13.1. The molecule has 0 unspecified atom stereocenters. The first-order valence-corrected chi connectivity index (χ1v) is 6.97. The zero-order valence-corrected chi connectivity index (χ0v) is 13.1. The van der Waals surface area contributed by atoms with Crippen molar-refractivity contribution >= 4 is 17.6 Å². The van der Waals surface area contributed by atoms with Gasteiger partial charge in [-0.2, -0.15) is 0 Å². The highest BCUT2D eigenvalue weighted by molar-refractivity contribution is 6.01. The maximum atomic E-state index is 13.1. The third-order valence-corrected chi connectivity index (χ3v) is 3.03. The fourth-order valence-corrected chi connectivity index (χ4v) is 2.05. The predicted molar refractivity (Wildman–Crippen MR) is 82.8 cm³/mol. The van der Waals surface area contributed by atoms with Crippen LogP contribution in [0.2, 0.25) is 0 Å². The number of hydrogen-bond acceptors (Lipinski definition) is 4. The van der Waals surface area contributed by atoms with Crippen LogP contribution in [-0.4, -0.2) is 19.0 Å². The Balaban J connectivity index is 2.21. The number of methoxy groups -OCH3 is 1. The predicted octanol–water partition coefficient (Wildman–Crippen LogP) is 3.29. The number of carbonyl (C=O) groups is 2. The van der Waals surface area contributed by atoms with Gasteiger partial charge in [-0.1, -0.05) is 0 Å². The van der Waals surface area contributed by atoms with E-state index in [0.29, 0.717) is 5.56 Å². The van der Waals surface area contributed by atoms with Crippen LogP contribution in [0.1, 0.15) is 22.8 Å². The van der Waals surface area contributed by atoms with Gasteiger partial charge in [-0.15, -0.1) is 0 Å². The summed E-state index contributed by atoms with van der Waals surface area (Å²) in [6, 6.07) is 7.45. The van der Waals surface area contributed by atoms with Crippen molar-refractivity contribution in [1.29, 1.82) is 0 Å². The Morgan fingerprint density at radius 2 is 1.75 bits per heavy atom. The number of amides is 1. The number of hydrogen-bond donors (Lipinski definition) is 1. The first kappa shape index (κ1) is 17.4. The van der Waals surface area contributed by atoms with Gasteiger partial charge in [-0.05, 0) is 35.9 Å². The van der Waals surface area contributed by atoms with E-state index in [1.807, 2.05) is 0 Å². The molecule has 0 saturated carbocycles. The van der Waals surface area contributed by atoms with E-state index in [9.17, 15) is 18.4 Å². The summed E-state index contributed by atoms with van der Waals surface area (Å²) in [5, 5.41) is 2.51. The summed E-state index contributed by atoms with van der Waals surface area (Å²) in [6.07, 6.45) is 0. The van der Waals surface area contributed by atoms with Crippen LogP contribution in [0.4, 0.5) is 14.5 Å². The standard InChI is InChI=1S/C17H15F2NO4/c1-10(21)20-16-4-3-14(8-15(16)17(22)23-2)24-9-11-5-12(18)7-13(19)6-11/h3-8H,9H2,1-2H3,(H,20,21). The SMILES string of the molecule is COC(=O)c1cc(OCc2cc(F)cc(F)c2)ccc1NC(C)=O. The highest BCUT2D eigenvalue weighted by Crippen LogP contribution is 2.24. The number of carbonyl (C=O) groups excluding carboxylic acids is 2. The van der Waals surface area contributed by atoms with Crippen molar-refractivity contribution in [2.45, 2.75) is 13.5 Å². The fourth-order valence-electron chi connectivity index (χ4n) is 2.05. The molecule has 0 spiro atoms. The summed E-state index contributed by atoms with van der Waals surface area (Å²) in [7, 11) is 1.21. The molecule has 7 heteroatoms. The zero-order chi connectivity index (χ0) is 17.7. The van der Waals surface area contributed by atoms with Crippen LogP contribution in [0.25, 0.3) is 0 Å². The highest BCUT2D eigenvalue weighted by Gasteiger charge is 2.14. The molecule has 0 radical (unpaired) electrons. The summed E-state index contributed by atoms with van der Waals surface area (Å²) < 4.78 is 36.4. The molecule has 126 valence electrons. The molecule has 0 aliphatic rings. The molecule has 0 bridgehead atoms. The molecule has 0 heterocycles. The van der Waals surface area contributed by atoms with E-state index in [1.54, 1.807) is 0 Å². The lowest BCUT2D eigenvalue weighted by molar-refractivity contribution is -0.114. The van der Waals surface area contributed by atoms with E-state index in [-0.39, 0.29) is 29.5 Å². The largest absolute Gasteiger partial charge is 0.489 e. The number of rotatable bonds is 5. The average Bonchev–Trinajstić information content (AvgIpc) is 2.51. The van der Waals surface area contributed by atoms with Gasteiger partial charge in [-0.25, -0.2) is 13.6 Å². The number of anilines is 1. The van der Waals surface area contributed by atoms with Crippen molar-refractivity contribution in [1.82, 2.24) is 0 Å². The molecule has 0 atom stereocenters. The van der Waals surface area contributed by atoms with Crippen molar-refractivity contribution in [3.05, 3.63) is 59.2 Å². The second-order valence-electron chi connectivity index (χ2n) is 4.95. The molecule has 1 amide bonds. The molecule has 1 N–H and O–H groups in total. The smallest absolute Gasteiger partial charge is 0.340 e. The van der Waals surface area contributed by atoms with Gasteiger partial charge in [0, 0.05) is 13.0 Å². The lowest BCUT2D eigenvalue weighted by Crippen LogP contribution is -2.12. The third kappa shape index (κ3) is 4.52. The first-order chi connectivity index (χ1) is 11.4. The third-order valence-electron chi connectivity index (χ3n) is 3.03. The normalized spacial score (nSPS) is 10.2. The molecule has 0 saturated heterocycles. The molecular weight excluding hydrogens is 320 g/mol. The van der Waals surface area contributed by atoms with E-state index < -0.39 is 17.6 Å². The Bertz CT molecular complexity index is 757. The second-order valence-corrected chi connectivity index (χ2v) is 4.95. The Hall–Kier alpha value is -2.96. The van der Waals surface area contributed by atoms with Crippen LogP contribution in [0, 0.1) is 11.6 Å². The van der Waals surface area contributed by atoms with E-state index >= 15 is 0 Å². The minimum Gasteiger partial charge on any atom is -0.489 e. The molecule has 0 aliphatic carbocycles. The van der Waals surface area contributed by atoms with Gasteiger partial charge in [0.15, 0.2) is 0 Å². The summed E-state index contributed by atoms with van der Waals surface area (Å²) in [4.78, 5) is 23.0. The Kier molecular flexibility index (Phi) is 5.47. The van der Waals surface area contributed by atoms with Crippen molar-refractivity contribution in [3.63, 3.8) is 0 Å². The van der Waals surface area contributed by atoms with Gasteiger partial charge in [0.05, 0.1) is 18.4 Å². The number of benzene rings is 2. The summed E-state index contributed by atoms with van der Waals surface area (Å²) >= 11 is 0. The summed E-state index contributed by atoms with van der Waals surface area (Å²) in [6.45, 7) is 1.22. The average molecular weight is 335 g/mol. The molecular formula is C17H15F2NO4. The summed E-state index contributed by atoms with van der Waals surface area (Å²) in [5.74, 6) is -2.12. The van der Waals surface area contributed by atoms with Crippen molar-refractivity contribution in [2.24, 2.45) is 0 Å². The second kappa shape index (κ2) is 7.54. The number of esters is 1. The van der Waals surface area contributed by atoms with Crippen LogP contribution in [-0.2, 0) is 16.1 Å². The Labute approximate surface area is 137 Å². The Morgan fingerprint density at radius 3 is 2.33 bits per heavy atom. The van der Waals surface area contributed by atoms with Crippen molar-refractivity contribution < 1.29 is 27.8 Å². The van der Waals surface area contributed by atoms with Gasteiger partial charge < -0.3 is 14.8 Å². The van der Waals surface area contributed by atoms with Gasteiger partial charge in [-0.3, -0.25) is 4.79 Å². The molecule has 0 fully saturated rings. The van der Waals surface area contributed by atoms with Crippen molar-refractivity contribution in [3.8, 4) is 5.75 Å². The van der Waals surface area contributed by atoms with Crippen LogP contribution >= 0.6 is 0 Å². The van der Waals surface area contributed by atoms with Crippen LogP contribution in [0.15, 0.2) is 36.4 Å². The number of nitrogens with one attached hydrogen (secondary N) is 1. The summed E-state index contributed by atoms with van der Waals surface area (Å²) in [5.41, 5.74) is 0.687. The fraction of sp³-hybridized carbons (Fsp3) is 0.176. The molecule has 24 heavy (non-hydrogen) atoms. The van der Waals surface area contributed by atoms with Gasteiger partial charge in [0.2, 0.25) is 5.91 Å². The lowest BCUT2D eigenvalue weighted by atomic mass is 10.1. The monoisotopic (exact) mass is 335 g/mol. The lowest BCUT2D eigenvalue weighted by Gasteiger charge is -2.12. The van der Waals surface area contributed by atoms with Gasteiger partial charge in [0.1, 0.15) is 24.0 Å². The zero-order valence-electron chi connectivity index (χ0n) is 13.1. The van der Waals surface area contributed by atoms with E-state index in [2.05, 4.69) is 10.1 Å². The van der Waals surface area contributed by atoms with E-state index in [1.165, 1.54) is 32.2 Å². The van der Waals surface area contributed by atoms with E-state index in [0.717, 1.165) is 18.2 Å². The van der Waals surface area contributed by atoms with Gasteiger partial charge in [0.25, 0.3) is 0 Å². The van der Waals surface area contributed by atoms with E-state index in [4.69, 9.17) is 4.74 Å². The molecule has 0 aromatic heterocycles. The minimum absolute atomic E-state index is 0.0885. The first-order valence-electron chi connectivity index (χ1n) is 6.97. The minimum atomic E-state index is -0.704. The number of halogens is 2. The topological polar surface area (TPSA) is 64.6 Å². The van der Waals surface area contributed by atoms with Crippen molar-refractivity contribution in [2.75, 3.05) is 12.4 Å². The van der Waals surface area contributed by atoms with Crippen LogP contribution < -0.4 is 10.1 Å². The van der Waals surface area contributed by atoms with Gasteiger partial charge >= 0.3 is 5.97 Å². The highest BCUT2D eigenvalue weighted by atomic mass is 19.1. The molecule has 0 aliphatic heterocycles. The molecule has 5 nitrogen and oxygen atoms in total. The van der Waals surface area contributed by atoms with Crippen LogP contribution in [0.5, 0.6) is 5.75 Å². The van der Waals surface area contributed by atoms with Crippen LogP contribution in [0.3, 0.4) is 0 Å². The maximum Gasteiger partial charge on any atom is 0.340 e. The Morgan fingerprint density at radius 1 is 1.08 bits per heavy atom. The molecule has 2 rings (SSSR count). The quantitative estimate of drug-likeness (QED) is 0.852. The molecule has 2 aromatic carbocycles. The molecule has 2 aromatic rings.